The van der Waals surface area contributed by atoms with Crippen molar-refractivity contribution in [3.05, 3.63) is 70.0 Å². The molecule has 4 atom stereocenters. The minimum atomic E-state index is -2.64. The number of anilines is 1. The number of hydrogen-bond donors (Lipinski definition) is 6. The Morgan fingerprint density at radius 1 is 1.12 bits per heavy atom. The molecule has 0 aromatic heterocycles. The number of aliphatic hydroxyl groups is 3. The standard InChI is InChI=1S/C31H40N4O7/c1-34(2)22-12-19(15-33-14-17-8-6-5-7-9-17)28(39)27-20(22)10-18-11-21(23(16-36)35(3)4)31(42,24(37)13-25(32)38)30(41)26(18)29(27)40/h5-9,12,18,21,23,33,36,39,41-42H,10-11,13-16H2,1-4H3,(H2,32,38)/t18-,21-,23?,31+/m0/s1. The van der Waals surface area contributed by atoms with Crippen molar-refractivity contribution in [3.8, 4) is 5.75 Å². The Labute approximate surface area is 245 Å². The van der Waals surface area contributed by atoms with E-state index in [-0.39, 0.29) is 36.3 Å². The maximum Gasteiger partial charge on any atom is 0.225 e. The van der Waals surface area contributed by atoms with Crippen LogP contribution in [0.5, 0.6) is 5.75 Å². The van der Waals surface area contributed by atoms with Crippen LogP contribution in [0.3, 0.4) is 0 Å². The number of aliphatic hydroxyl groups excluding tert-OH is 2. The zero-order chi connectivity index (χ0) is 30.9. The highest BCUT2D eigenvalue weighted by Gasteiger charge is 2.58. The van der Waals surface area contributed by atoms with Crippen molar-refractivity contribution in [1.82, 2.24) is 10.2 Å². The number of nitrogens with two attached hydrogens (primary N) is 1. The number of nitrogens with one attached hydrogen (secondary N) is 1. The lowest BCUT2D eigenvalue weighted by Crippen LogP contribution is -2.60. The Kier molecular flexibility index (Phi) is 9.07. The van der Waals surface area contributed by atoms with Crippen molar-refractivity contribution in [1.29, 1.82) is 0 Å². The number of carbonyl (C=O) groups is 3. The smallest absolute Gasteiger partial charge is 0.225 e. The van der Waals surface area contributed by atoms with E-state index in [0.717, 1.165) is 11.3 Å². The fraction of sp³-hybridized carbons (Fsp3) is 0.452. The number of allylic oxidation sites excluding steroid dienone is 1. The summed E-state index contributed by atoms with van der Waals surface area (Å²) in [6.07, 6.45) is -0.566. The number of amides is 1. The summed E-state index contributed by atoms with van der Waals surface area (Å²) < 4.78 is 0. The van der Waals surface area contributed by atoms with Gasteiger partial charge in [-0.3, -0.25) is 14.4 Å². The normalized spacial score (nSPS) is 22.5. The van der Waals surface area contributed by atoms with Crippen LogP contribution in [0.4, 0.5) is 5.69 Å². The number of rotatable bonds is 11. The molecule has 42 heavy (non-hydrogen) atoms. The summed E-state index contributed by atoms with van der Waals surface area (Å²) in [5.74, 6) is -5.52. The lowest BCUT2D eigenvalue weighted by atomic mass is 9.61. The van der Waals surface area contributed by atoms with Crippen molar-refractivity contribution in [2.75, 3.05) is 39.7 Å². The van der Waals surface area contributed by atoms with Gasteiger partial charge in [-0.15, -0.1) is 0 Å². The first-order valence-corrected chi connectivity index (χ1v) is 13.9. The van der Waals surface area contributed by atoms with Gasteiger partial charge in [-0.05, 0) is 50.0 Å². The first-order valence-electron chi connectivity index (χ1n) is 13.9. The number of nitrogens with zero attached hydrogens (tertiary/aromatic N) is 2. The summed E-state index contributed by atoms with van der Waals surface area (Å²) in [5.41, 5.74) is 5.29. The number of aromatic hydroxyl groups is 1. The molecule has 0 heterocycles. The minimum absolute atomic E-state index is 0.00461. The molecule has 0 saturated carbocycles. The molecule has 2 aromatic rings. The van der Waals surface area contributed by atoms with Gasteiger partial charge in [-0.25, -0.2) is 0 Å². The van der Waals surface area contributed by atoms with Gasteiger partial charge >= 0.3 is 0 Å². The highest BCUT2D eigenvalue weighted by molar-refractivity contribution is 6.15. The third kappa shape index (κ3) is 5.52. The Bertz CT molecular complexity index is 1410. The van der Waals surface area contributed by atoms with Crippen molar-refractivity contribution in [2.45, 2.75) is 44.0 Å². The highest BCUT2D eigenvalue weighted by Crippen LogP contribution is 2.51. The second kappa shape index (κ2) is 12.2. The predicted molar refractivity (Wildman–Crippen MR) is 157 cm³/mol. The number of carbonyl (C=O) groups excluding carboxylic acids is 3. The number of likely N-dealkylation sites (N-methyl/N-ethyl adjacent to an activating group) is 1. The summed E-state index contributed by atoms with van der Waals surface area (Å²) in [6, 6.07) is 10.8. The predicted octanol–water partition coefficient (Wildman–Crippen LogP) is 1.03. The van der Waals surface area contributed by atoms with Gasteiger partial charge in [0.1, 0.15) is 11.5 Å². The van der Waals surface area contributed by atoms with E-state index < -0.39 is 59.7 Å². The maximum atomic E-state index is 14.1. The van der Waals surface area contributed by atoms with Gasteiger partial charge in [0, 0.05) is 56.0 Å². The molecule has 1 amide bonds. The molecular weight excluding hydrogens is 540 g/mol. The van der Waals surface area contributed by atoms with Crippen molar-refractivity contribution in [2.24, 2.45) is 17.6 Å². The number of fused-ring (bicyclic) bond motifs is 2. The van der Waals surface area contributed by atoms with E-state index >= 15 is 0 Å². The number of benzene rings is 2. The molecule has 2 aliphatic carbocycles. The maximum absolute atomic E-state index is 14.1. The van der Waals surface area contributed by atoms with Gasteiger partial charge in [-0.2, -0.15) is 0 Å². The van der Waals surface area contributed by atoms with Crippen LogP contribution in [0.2, 0.25) is 0 Å². The van der Waals surface area contributed by atoms with Crippen LogP contribution < -0.4 is 16.0 Å². The van der Waals surface area contributed by atoms with Crippen molar-refractivity contribution >= 4 is 23.2 Å². The molecule has 4 rings (SSSR count). The second-order valence-corrected chi connectivity index (χ2v) is 11.6. The zero-order valence-electron chi connectivity index (χ0n) is 24.4. The van der Waals surface area contributed by atoms with Crippen LogP contribution in [0.15, 0.2) is 47.7 Å². The summed E-state index contributed by atoms with van der Waals surface area (Å²) >= 11 is 0. The highest BCUT2D eigenvalue weighted by atomic mass is 16.3. The Hall–Kier alpha value is -3.77. The van der Waals surface area contributed by atoms with Crippen LogP contribution in [0.1, 0.15) is 39.9 Å². The van der Waals surface area contributed by atoms with Gasteiger partial charge in [0.05, 0.1) is 18.6 Å². The average Bonchev–Trinajstić information content (AvgIpc) is 2.92. The molecule has 7 N–H and O–H groups in total. The van der Waals surface area contributed by atoms with Crippen LogP contribution in [0.25, 0.3) is 0 Å². The monoisotopic (exact) mass is 580 g/mol. The molecule has 0 aliphatic heterocycles. The number of hydrogen-bond acceptors (Lipinski definition) is 10. The summed E-state index contributed by atoms with van der Waals surface area (Å²) in [4.78, 5) is 42.6. The van der Waals surface area contributed by atoms with Crippen molar-refractivity contribution in [3.63, 3.8) is 0 Å². The van der Waals surface area contributed by atoms with Crippen LogP contribution in [-0.4, -0.2) is 89.2 Å². The second-order valence-electron chi connectivity index (χ2n) is 11.6. The number of Topliss-reactive ketones (excluding diaryl/α,β-unsaturated/α-hetero) is 2. The molecule has 0 spiro atoms. The van der Waals surface area contributed by atoms with E-state index in [1.54, 1.807) is 19.0 Å². The molecule has 0 saturated heterocycles. The lowest BCUT2D eigenvalue weighted by Gasteiger charge is -2.47. The van der Waals surface area contributed by atoms with E-state index in [4.69, 9.17) is 5.73 Å². The number of ketones is 2. The molecule has 11 heteroatoms. The van der Waals surface area contributed by atoms with Crippen LogP contribution in [-0.2, 0) is 29.1 Å². The van der Waals surface area contributed by atoms with Crippen LogP contribution >= 0.6 is 0 Å². The molecule has 0 radical (unpaired) electrons. The fourth-order valence-electron chi connectivity index (χ4n) is 6.42. The first kappa shape index (κ1) is 31.2. The Morgan fingerprint density at radius 3 is 2.36 bits per heavy atom. The van der Waals surface area contributed by atoms with E-state index in [9.17, 15) is 34.8 Å². The Morgan fingerprint density at radius 2 is 1.79 bits per heavy atom. The lowest BCUT2D eigenvalue weighted by molar-refractivity contribution is -0.151. The topological polar surface area (TPSA) is 177 Å². The summed E-state index contributed by atoms with van der Waals surface area (Å²) in [5, 5.41) is 48.2. The molecule has 11 nitrogen and oxygen atoms in total. The average molecular weight is 581 g/mol. The third-order valence-corrected chi connectivity index (χ3v) is 8.53. The number of phenols is 1. The summed E-state index contributed by atoms with van der Waals surface area (Å²) in [7, 11) is 6.99. The third-order valence-electron chi connectivity index (χ3n) is 8.53. The quantitative estimate of drug-likeness (QED) is 0.211. The Balaban J connectivity index is 1.82. The van der Waals surface area contributed by atoms with E-state index in [2.05, 4.69) is 5.32 Å². The number of phenolic OH excluding ortho intramolecular Hbond substituents is 1. The molecule has 1 unspecified atom stereocenters. The zero-order valence-corrected chi connectivity index (χ0v) is 24.4. The van der Waals surface area contributed by atoms with Gasteiger partial charge in [0.15, 0.2) is 17.2 Å². The molecule has 0 bridgehead atoms. The van der Waals surface area contributed by atoms with E-state index in [0.29, 0.717) is 17.7 Å². The molecular formula is C31H40N4O7. The van der Waals surface area contributed by atoms with Gasteiger partial charge in [0.2, 0.25) is 5.91 Å². The minimum Gasteiger partial charge on any atom is -0.508 e. The number of primary amides is 1. The SMILES string of the molecule is CN(C)c1cc(CNCc2ccccc2)c(O)c2c1C[C@H]1C[C@@H](C(CO)N(C)C)[C@@](O)(C(=O)CC(N)=O)C(O)=C1C2=O. The van der Waals surface area contributed by atoms with Crippen molar-refractivity contribution < 1.29 is 34.8 Å². The molecule has 2 aliphatic rings. The first-order chi connectivity index (χ1) is 19.8. The molecule has 0 fully saturated rings. The largest absolute Gasteiger partial charge is 0.508 e. The fourth-order valence-corrected chi connectivity index (χ4v) is 6.42. The van der Waals surface area contributed by atoms with Crippen LogP contribution in [0, 0.1) is 11.8 Å². The van der Waals surface area contributed by atoms with E-state index in [1.807, 2.05) is 55.4 Å². The molecule has 2 aromatic carbocycles. The van der Waals surface area contributed by atoms with Gasteiger partial charge in [0.25, 0.3) is 0 Å². The van der Waals surface area contributed by atoms with E-state index in [1.165, 1.54) is 0 Å². The molecule has 226 valence electrons. The summed E-state index contributed by atoms with van der Waals surface area (Å²) in [6.45, 7) is 0.332. The van der Waals surface area contributed by atoms with Gasteiger partial charge in [-0.1, -0.05) is 30.3 Å². The van der Waals surface area contributed by atoms with Gasteiger partial charge < -0.3 is 41.3 Å².